The number of rotatable bonds is 9. The Hall–Kier alpha value is -3.10. The highest BCUT2D eigenvalue weighted by molar-refractivity contribution is 6.32. The molecular weight excluding hydrogens is 444 g/mol. The number of halogens is 1. The quantitative estimate of drug-likeness (QED) is 0.462. The first-order valence-electron chi connectivity index (χ1n) is 10.7. The van der Waals surface area contributed by atoms with E-state index in [9.17, 15) is 9.59 Å². The van der Waals surface area contributed by atoms with Gasteiger partial charge in [-0.1, -0.05) is 44.5 Å². The molecule has 0 radical (unpaired) electrons. The number of carbonyl (C=O) groups excluding carboxylic acids is 2. The van der Waals surface area contributed by atoms with E-state index in [1.807, 2.05) is 45.0 Å². The highest BCUT2D eigenvalue weighted by Gasteiger charge is 2.24. The van der Waals surface area contributed by atoms with E-state index in [0.717, 1.165) is 5.69 Å². The molecular formula is C24H29ClN4O4. The number of furan rings is 1. The second-order valence-electron chi connectivity index (χ2n) is 8.63. The van der Waals surface area contributed by atoms with Gasteiger partial charge in [0.25, 0.3) is 5.91 Å². The summed E-state index contributed by atoms with van der Waals surface area (Å²) in [7, 11) is 1.59. The zero-order chi connectivity index (χ0) is 24.0. The van der Waals surface area contributed by atoms with Gasteiger partial charge in [0.15, 0.2) is 5.76 Å². The Labute approximate surface area is 198 Å². The number of carbonyl (C=O) groups is 2. The van der Waals surface area contributed by atoms with Gasteiger partial charge >= 0.3 is 0 Å². The summed E-state index contributed by atoms with van der Waals surface area (Å²) in [5.74, 6) is -0.0705. The minimum Gasteiger partial charge on any atom is -0.459 e. The molecule has 2 aromatic heterocycles. The van der Waals surface area contributed by atoms with Crippen molar-refractivity contribution in [2.45, 2.75) is 32.6 Å². The minimum atomic E-state index is -0.360. The molecule has 0 bridgehead atoms. The second-order valence-corrected chi connectivity index (χ2v) is 9.03. The third kappa shape index (κ3) is 6.24. The highest BCUT2D eigenvalue weighted by atomic mass is 35.5. The lowest BCUT2D eigenvalue weighted by Crippen LogP contribution is -2.39. The van der Waals surface area contributed by atoms with Crippen LogP contribution in [0.5, 0.6) is 0 Å². The summed E-state index contributed by atoms with van der Waals surface area (Å²) in [6.07, 6.45) is 2.01. The Morgan fingerprint density at radius 1 is 1.21 bits per heavy atom. The van der Waals surface area contributed by atoms with E-state index >= 15 is 0 Å². The third-order valence-corrected chi connectivity index (χ3v) is 5.28. The lowest BCUT2D eigenvalue weighted by Gasteiger charge is -2.21. The summed E-state index contributed by atoms with van der Waals surface area (Å²) in [5, 5.41) is 8.09. The fourth-order valence-electron chi connectivity index (χ4n) is 3.21. The fraction of sp³-hybridized carbons (Fsp3) is 0.375. The zero-order valence-electron chi connectivity index (χ0n) is 19.3. The van der Waals surface area contributed by atoms with E-state index in [0.29, 0.717) is 36.1 Å². The van der Waals surface area contributed by atoms with E-state index < -0.39 is 0 Å². The molecule has 0 saturated heterocycles. The standard InChI is InChI=1S/C24H29ClN4O4/c1-24(2,3)20-15-21(29(27-20)18-10-6-5-9-17(18)25)26-22(30)16-28(12-8-13-32-4)23(31)19-11-7-14-33-19/h5-7,9-11,14-15H,8,12-13,16H2,1-4H3,(H,26,30). The maximum absolute atomic E-state index is 13.0. The summed E-state index contributed by atoms with van der Waals surface area (Å²) < 4.78 is 11.9. The van der Waals surface area contributed by atoms with Gasteiger partial charge in [0.1, 0.15) is 12.4 Å². The van der Waals surface area contributed by atoms with Crippen molar-refractivity contribution >= 4 is 29.2 Å². The molecule has 0 aliphatic rings. The Bertz CT molecular complexity index is 1090. The monoisotopic (exact) mass is 472 g/mol. The van der Waals surface area contributed by atoms with E-state index in [1.165, 1.54) is 11.2 Å². The van der Waals surface area contributed by atoms with Crippen LogP contribution < -0.4 is 5.32 Å². The number of aromatic nitrogens is 2. The molecule has 0 aliphatic heterocycles. The first-order valence-corrected chi connectivity index (χ1v) is 11.1. The lowest BCUT2D eigenvalue weighted by atomic mass is 9.92. The summed E-state index contributed by atoms with van der Waals surface area (Å²) in [5.41, 5.74) is 1.20. The van der Waals surface area contributed by atoms with Gasteiger partial charge in [-0.3, -0.25) is 9.59 Å². The number of methoxy groups -OCH3 is 1. The normalized spacial score (nSPS) is 11.4. The number of benzene rings is 1. The van der Waals surface area contributed by atoms with Gasteiger partial charge in [0.05, 0.1) is 22.7 Å². The van der Waals surface area contributed by atoms with Crippen molar-refractivity contribution in [3.05, 3.63) is 65.2 Å². The molecule has 0 atom stereocenters. The number of ether oxygens (including phenoxy) is 1. The van der Waals surface area contributed by atoms with Crippen LogP contribution in [0.1, 0.15) is 43.4 Å². The molecule has 176 valence electrons. The number of nitrogens with one attached hydrogen (secondary N) is 1. The smallest absolute Gasteiger partial charge is 0.290 e. The molecule has 1 N–H and O–H groups in total. The summed E-state index contributed by atoms with van der Waals surface area (Å²) in [6, 6.07) is 12.3. The lowest BCUT2D eigenvalue weighted by molar-refractivity contribution is -0.117. The van der Waals surface area contributed by atoms with Crippen molar-refractivity contribution in [1.29, 1.82) is 0 Å². The van der Waals surface area contributed by atoms with Crippen LogP contribution in [0.15, 0.2) is 53.1 Å². The highest BCUT2D eigenvalue weighted by Crippen LogP contribution is 2.29. The fourth-order valence-corrected chi connectivity index (χ4v) is 3.42. The van der Waals surface area contributed by atoms with Crippen molar-refractivity contribution in [3.8, 4) is 5.69 Å². The maximum Gasteiger partial charge on any atom is 0.290 e. The number of hydrogen-bond donors (Lipinski definition) is 1. The summed E-state index contributed by atoms with van der Waals surface area (Å²) >= 11 is 6.40. The van der Waals surface area contributed by atoms with Gasteiger partial charge in [-0.15, -0.1) is 0 Å². The topological polar surface area (TPSA) is 89.6 Å². The molecule has 8 nitrogen and oxygen atoms in total. The number of para-hydroxylation sites is 1. The van der Waals surface area contributed by atoms with Crippen LogP contribution in [0.4, 0.5) is 5.82 Å². The average molecular weight is 473 g/mol. The second kappa shape index (κ2) is 10.7. The predicted molar refractivity (Wildman–Crippen MR) is 127 cm³/mol. The van der Waals surface area contributed by atoms with Crippen molar-refractivity contribution in [2.75, 3.05) is 32.1 Å². The van der Waals surface area contributed by atoms with Crippen molar-refractivity contribution < 1.29 is 18.7 Å². The third-order valence-electron chi connectivity index (χ3n) is 4.96. The molecule has 3 aromatic rings. The van der Waals surface area contributed by atoms with Crippen LogP contribution in [0.2, 0.25) is 5.02 Å². The van der Waals surface area contributed by atoms with Gasteiger partial charge in [0, 0.05) is 31.7 Å². The molecule has 0 spiro atoms. The van der Waals surface area contributed by atoms with Crippen molar-refractivity contribution in [3.63, 3.8) is 0 Å². The first kappa shape index (κ1) is 24.5. The minimum absolute atomic E-state index is 0.151. The molecule has 0 fully saturated rings. The molecule has 0 saturated carbocycles. The molecule has 2 heterocycles. The van der Waals surface area contributed by atoms with E-state index in [-0.39, 0.29) is 29.5 Å². The Balaban J connectivity index is 1.84. The van der Waals surface area contributed by atoms with Gasteiger partial charge in [-0.2, -0.15) is 5.10 Å². The molecule has 0 unspecified atom stereocenters. The van der Waals surface area contributed by atoms with Crippen LogP contribution in [0, 0.1) is 0 Å². The largest absolute Gasteiger partial charge is 0.459 e. The Morgan fingerprint density at radius 2 is 1.97 bits per heavy atom. The number of hydrogen-bond acceptors (Lipinski definition) is 5. The van der Waals surface area contributed by atoms with Gasteiger partial charge < -0.3 is 19.4 Å². The molecule has 9 heteroatoms. The number of anilines is 1. The summed E-state index contributed by atoms with van der Waals surface area (Å²) in [6.45, 7) is 6.78. The number of amides is 2. The average Bonchev–Trinajstić information content (AvgIpc) is 3.43. The molecule has 1 aromatic carbocycles. The van der Waals surface area contributed by atoms with Crippen LogP contribution in [-0.4, -0.2) is 53.3 Å². The van der Waals surface area contributed by atoms with E-state index in [4.69, 9.17) is 20.8 Å². The van der Waals surface area contributed by atoms with Gasteiger partial charge in [0.2, 0.25) is 5.91 Å². The van der Waals surface area contributed by atoms with E-state index in [1.54, 1.807) is 30.0 Å². The van der Waals surface area contributed by atoms with Crippen LogP contribution in [0.3, 0.4) is 0 Å². The Kier molecular flexibility index (Phi) is 7.94. The SMILES string of the molecule is COCCCN(CC(=O)Nc1cc(C(C)(C)C)nn1-c1ccccc1Cl)C(=O)c1ccco1. The van der Waals surface area contributed by atoms with Crippen LogP contribution in [0.25, 0.3) is 5.69 Å². The molecule has 2 amide bonds. The van der Waals surface area contributed by atoms with Gasteiger partial charge in [-0.25, -0.2) is 4.68 Å². The predicted octanol–water partition coefficient (Wildman–Crippen LogP) is 4.53. The number of nitrogens with zero attached hydrogens (tertiary/aromatic N) is 3. The maximum atomic E-state index is 13.0. The first-order chi connectivity index (χ1) is 15.7. The summed E-state index contributed by atoms with van der Waals surface area (Å²) in [4.78, 5) is 27.3. The molecule has 3 rings (SSSR count). The van der Waals surface area contributed by atoms with Crippen molar-refractivity contribution in [2.24, 2.45) is 0 Å². The zero-order valence-corrected chi connectivity index (χ0v) is 20.1. The van der Waals surface area contributed by atoms with Crippen LogP contribution in [-0.2, 0) is 14.9 Å². The van der Waals surface area contributed by atoms with E-state index in [2.05, 4.69) is 10.4 Å². The van der Waals surface area contributed by atoms with Gasteiger partial charge in [-0.05, 0) is 30.7 Å². The molecule has 33 heavy (non-hydrogen) atoms. The van der Waals surface area contributed by atoms with Crippen molar-refractivity contribution in [1.82, 2.24) is 14.7 Å². The van der Waals surface area contributed by atoms with Crippen LogP contribution >= 0.6 is 11.6 Å². The Morgan fingerprint density at radius 3 is 2.61 bits per heavy atom. The molecule has 0 aliphatic carbocycles.